The third-order valence-corrected chi connectivity index (χ3v) is 17.2. The summed E-state index contributed by atoms with van der Waals surface area (Å²) in [5, 5.41) is 127. The zero-order valence-electron chi connectivity index (χ0n) is 36.6. The van der Waals surface area contributed by atoms with Gasteiger partial charge in [-0.2, -0.15) is 0 Å². The van der Waals surface area contributed by atoms with Gasteiger partial charge in [-0.05, 0) is 91.8 Å². The Bertz CT molecular complexity index is 1610. The first kappa shape index (κ1) is 48.4. The van der Waals surface area contributed by atoms with E-state index in [1.807, 2.05) is 6.92 Å². The van der Waals surface area contributed by atoms with Crippen molar-refractivity contribution < 1.29 is 94.4 Å². The molecule has 3 saturated carbocycles. The van der Waals surface area contributed by atoms with Gasteiger partial charge in [-0.3, -0.25) is 0 Å². The van der Waals surface area contributed by atoms with E-state index in [2.05, 4.69) is 26.8 Å². The molecule has 4 aliphatic heterocycles. The van der Waals surface area contributed by atoms with Gasteiger partial charge in [0.05, 0.1) is 25.4 Å². The molecule has 0 amide bonds. The maximum absolute atomic E-state index is 11.9. The quantitative estimate of drug-likeness (QED) is 0.0952. The summed E-state index contributed by atoms with van der Waals surface area (Å²) >= 11 is 0. The molecule has 0 radical (unpaired) electrons. The van der Waals surface area contributed by atoms with Crippen LogP contribution in [-0.4, -0.2) is 191 Å². The lowest BCUT2D eigenvalue weighted by atomic mass is 9.47. The van der Waals surface area contributed by atoms with Gasteiger partial charge < -0.3 is 94.4 Å². The van der Waals surface area contributed by atoms with Crippen LogP contribution in [0.25, 0.3) is 0 Å². The maximum Gasteiger partial charge on any atom is 0.189 e. The standard InChI is InChI=1S/C44H72O19/c1-18(15-45)7-12-44(56)19(2)28-25(63-44)14-24-22-6-5-20-13-21(8-10-42(20,3)23(22)9-11-43(24,28)4)57-41-37(61-40-34(53)31(50)32(51)38(55)62-40)35(54)36(27(17-47)59-41)60-39-33(52)30(49)29(48)26(16-46)58-39/h5,18-19,21-41,45-56H,6-17H2,1-4H3/t18-,19+,21?,22-,23+,24+,25?,26?,27?,28+,29-,30+,31+,32-,33?,34?,35+,36-,37?,38?,39+,40-,41-,42+,43+,44?/m1/s1. The minimum Gasteiger partial charge on any atom is -0.396 e. The third kappa shape index (κ3) is 8.39. The Morgan fingerprint density at radius 3 is 2.06 bits per heavy atom. The van der Waals surface area contributed by atoms with Crippen LogP contribution >= 0.6 is 0 Å². The van der Waals surface area contributed by atoms with Gasteiger partial charge in [0.25, 0.3) is 0 Å². The van der Waals surface area contributed by atoms with Crippen molar-refractivity contribution in [3.8, 4) is 0 Å². The molecule has 0 aromatic rings. The molecule has 0 bridgehead atoms. The summed E-state index contributed by atoms with van der Waals surface area (Å²) in [4.78, 5) is 0. The highest BCUT2D eigenvalue weighted by Crippen LogP contribution is 2.70. The topological polar surface area (TPSA) is 307 Å². The van der Waals surface area contributed by atoms with E-state index in [-0.39, 0.29) is 41.3 Å². The fourth-order valence-corrected chi connectivity index (χ4v) is 13.4. The molecule has 4 heterocycles. The van der Waals surface area contributed by atoms with Crippen LogP contribution in [0.2, 0.25) is 0 Å². The zero-order chi connectivity index (χ0) is 45.5. The Labute approximate surface area is 367 Å². The molecule has 19 nitrogen and oxygen atoms in total. The number of fused-ring (bicyclic) bond motifs is 7. The predicted molar refractivity (Wildman–Crippen MR) is 214 cm³/mol. The molecule has 4 saturated heterocycles. The summed E-state index contributed by atoms with van der Waals surface area (Å²) in [5.41, 5.74) is 1.15. The van der Waals surface area contributed by atoms with Crippen molar-refractivity contribution in [1.29, 1.82) is 0 Å². The van der Waals surface area contributed by atoms with E-state index in [1.165, 1.54) is 5.57 Å². The van der Waals surface area contributed by atoms with E-state index in [0.29, 0.717) is 43.4 Å². The zero-order valence-corrected chi connectivity index (χ0v) is 36.6. The van der Waals surface area contributed by atoms with Crippen LogP contribution in [0.15, 0.2) is 11.6 Å². The Morgan fingerprint density at radius 2 is 1.38 bits per heavy atom. The first-order valence-corrected chi connectivity index (χ1v) is 23.1. The van der Waals surface area contributed by atoms with Crippen molar-refractivity contribution in [3.05, 3.63) is 11.6 Å². The second-order valence-corrected chi connectivity index (χ2v) is 20.7. The molecular weight excluding hydrogens is 832 g/mol. The normalized spacial score (nSPS) is 55.0. The van der Waals surface area contributed by atoms with Crippen molar-refractivity contribution in [2.45, 2.75) is 196 Å². The molecule has 7 fully saturated rings. The summed E-state index contributed by atoms with van der Waals surface area (Å²) in [6.45, 7) is 7.45. The summed E-state index contributed by atoms with van der Waals surface area (Å²) in [7, 11) is 0. The van der Waals surface area contributed by atoms with E-state index in [1.54, 1.807) is 0 Å². The molecule has 12 N–H and O–H groups in total. The highest BCUT2D eigenvalue weighted by Gasteiger charge is 2.68. The van der Waals surface area contributed by atoms with Crippen molar-refractivity contribution in [2.75, 3.05) is 19.8 Å². The van der Waals surface area contributed by atoms with Crippen LogP contribution in [0.5, 0.6) is 0 Å². The van der Waals surface area contributed by atoms with Gasteiger partial charge in [-0.1, -0.05) is 39.3 Å². The van der Waals surface area contributed by atoms with Gasteiger partial charge in [0.1, 0.15) is 67.1 Å². The van der Waals surface area contributed by atoms with Crippen LogP contribution in [0.4, 0.5) is 0 Å². The second kappa shape index (κ2) is 18.5. The van der Waals surface area contributed by atoms with Gasteiger partial charge in [0.15, 0.2) is 30.9 Å². The summed E-state index contributed by atoms with van der Waals surface area (Å²) in [5.74, 6) is 0.385. The van der Waals surface area contributed by atoms with Crippen LogP contribution in [0, 0.1) is 46.3 Å². The first-order valence-electron chi connectivity index (χ1n) is 23.1. The van der Waals surface area contributed by atoms with E-state index < -0.39 is 117 Å². The number of ether oxygens (including phenoxy) is 7. The van der Waals surface area contributed by atoms with Crippen LogP contribution in [0.1, 0.15) is 85.5 Å². The fraction of sp³-hybridized carbons (Fsp3) is 0.955. The number of aliphatic hydroxyl groups is 12. The number of hydrogen-bond acceptors (Lipinski definition) is 19. The molecular formula is C44H72O19. The summed E-state index contributed by atoms with van der Waals surface area (Å²) in [6, 6.07) is 0. The minimum atomic E-state index is -1.98. The van der Waals surface area contributed by atoms with Crippen LogP contribution in [0.3, 0.4) is 0 Å². The number of allylic oxidation sites excluding steroid dienone is 1. The van der Waals surface area contributed by atoms with Crippen molar-refractivity contribution in [2.24, 2.45) is 46.3 Å². The third-order valence-electron chi connectivity index (χ3n) is 17.2. The SMILES string of the molecule is C[C@@H](CO)CCC1(O)OC2C[C@H]3[C@@H]4CC=C5CC(O[C@@H]6OC(CO)[C@@H](O[C@@H]7OC(CO)[C@@H](O)[C@H](O)C7O)[C@H](O)C6O[C@@H]6OC(O)[C@H](O)[C@H](O)C6O)CC[C@]5(C)[C@H]4CC[C@]3(C)[C@H]2[C@@H]1C. The fourth-order valence-electron chi connectivity index (χ4n) is 13.4. The van der Waals surface area contributed by atoms with E-state index >= 15 is 0 Å². The highest BCUT2D eigenvalue weighted by molar-refractivity contribution is 5.26. The lowest BCUT2D eigenvalue weighted by molar-refractivity contribution is -0.400. The first-order chi connectivity index (χ1) is 29.8. The number of hydrogen-bond donors (Lipinski definition) is 12. The van der Waals surface area contributed by atoms with Crippen molar-refractivity contribution in [3.63, 3.8) is 0 Å². The molecule has 19 heteroatoms. The van der Waals surface area contributed by atoms with E-state index in [9.17, 15) is 61.3 Å². The Balaban J connectivity index is 0.984. The van der Waals surface area contributed by atoms with Gasteiger partial charge in [0, 0.05) is 18.9 Å². The van der Waals surface area contributed by atoms with Gasteiger partial charge >= 0.3 is 0 Å². The molecule has 0 aromatic carbocycles. The van der Waals surface area contributed by atoms with Crippen molar-refractivity contribution >= 4 is 0 Å². The lowest BCUT2D eigenvalue weighted by Gasteiger charge is -2.58. The van der Waals surface area contributed by atoms with Gasteiger partial charge in [0.2, 0.25) is 0 Å². The Morgan fingerprint density at radius 1 is 0.730 bits per heavy atom. The average molecular weight is 905 g/mol. The van der Waals surface area contributed by atoms with Gasteiger partial charge in [-0.15, -0.1) is 0 Å². The molecule has 362 valence electrons. The summed E-state index contributed by atoms with van der Waals surface area (Å²) < 4.78 is 42.1. The highest BCUT2D eigenvalue weighted by atomic mass is 16.8. The molecule has 9 unspecified atom stereocenters. The Hall–Kier alpha value is -1.02. The Kier molecular flexibility index (Phi) is 14.2. The molecule has 26 atom stereocenters. The minimum absolute atomic E-state index is 0.0158. The second-order valence-electron chi connectivity index (χ2n) is 20.7. The van der Waals surface area contributed by atoms with Gasteiger partial charge in [-0.25, -0.2) is 0 Å². The molecule has 8 rings (SSSR count). The maximum atomic E-state index is 11.9. The smallest absolute Gasteiger partial charge is 0.189 e. The monoisotopic (exact) mass is 904 g/mol. The largest absolute Gasteiger partial charge is 0.396 e. The number of rotatable bonds is 12. The molecule has 4 aliphatic carbocycles. The van der Waals surface area contributed by atoms with E-state index in [0.717, 1.165) is 32.1 Å². The van der Waals surface area contributed by atoms with Crippen LogP contribution < -0.4 is 0 Å². The van der Waals surface area contributed by atoms with Crippen molar-refractivity contribution in [1.82, 2.24) is 0 Å². The lowest BCUT2D eigenvalue weighted by Crippen LogP contribution is -2.67. The molecule has 0 aromatic heterocycles. The van der Waals surface area contributed by atoms with E-state index in [4.69, 9.17) is 33.2 Å². The summed E-state index contributed by atoms with van der Waals surface area (Å²) in [6.07, 6.45) is -17.0. The average Bonchev–Trinajstić information content (AvgIpc) is 3.70. The van der Waals surface area contributed by atoms with Crippen LogP contribution in [-0.2, 0) is 33.2 Å². The number of aliphatic hydroxyl groups excluding tert-OH is 11. The predicted octanol–water partition coefficient (Wildman–Crippen LogP) is -1.90. The molecule has 8 aliphatic rings. The molecule has 63 heavy (non-hydrogen) atoms. The molecule has 0 spiro atoms.